The normalized spacial score (nSPS) is 18.8. The highest BCUT2D eigenvalue weighted by Crippen LogP contribution is 2.17. The van der Waals surface area contributed by atoms with E-state index in [1.807, 2.05) is 0 Å². The van der Waals surface area contributed by atoms with Crippen LogP contribution in [0.1, 0.15) is 12.0 Å². The van der Waals surface area contributed by atoms with Crippen LogP contribution in [0.15, 0.2) is 36.7 Å². The largest absolute Gasteiger partial charge is 0.338 e. The summed E-state index contributed by atoms with van der Waals surface area (Å²) in [4.78, 5) is 11.9. The average Bonchev–Trinajstić information content (AvgIpc) is 3.11. The van der Waals surface area contributed by atoms with Gasteiger partial charge in [-0.05, 0) is 30.0 Å². The Morgan fingerprint density at radius 2 is 2.24 bits per heavy atom. The first-order chi connectivity index (χ1) is 11.9. The fraction of sp³-hybridized carbons (Fsp3) is 0.375. The van der Waals surface area contributed by atoms with Crippen LogP contribution in [0.2, 0.25) is 0 Å². The molecule has 2 aromatic rings. The minimum atomic E-state index is -2.94. The van der Waals surface area contributed by atoms with Crippen LogP contribution in [0.25, 0.3) is 0 Å². The summed E-state index contributed by atoms with van der Waals surface area (Å²) >= 11 is 0. The molecule has 25 heavy (non-hydrogen) atoms. The molecule has 1 aliphatic heterocycles. The van der Waals surface area contributed by atoms with Crippen molar-refractivity contribution in [2.24, 2.45) is 5.92 Å². The Bertz CT molecular complexity index is 866. The molecule has 7 nitrogen and oxygen atoms in total. The van der Waals surface area contributed by atoms with Gasteiger partial charge in [0.2, 0.25) is 0 Å². The number of sulfone groups is 1. The number of halogens is 1. The molecule has 1 saturated heterocycles. The van der Waals surface area contributed by atoms with Gasteiger partial charge in [0, 0.05) is 12.7 Å². The molecule has 1 aromatic carbocycles. The van der Waals surface area contributed by atoms with Gasteiger partial charge in [-0.3, -0.25) is 4.68 Å². The lowest BCUT2D eigenvalue weighted by Crippen LogP contribution is -2.33. The Balaban J connectivity index is 1.48. The van der Waals surface area contributed by atoms with E-state index >= 15 is 0 Å². The van der Waals surface area contributed by atoms with Crippen LogP contribution in [0.3, 0.4) is 0 Å². The molecule has 2 amide bonds. The van der Waals surface area contributed by atoms with Crippen LogP contribution < -0.4 is 10.6 Å². The van der Waals surface area contributed by atoms with Crippen LogP contribution in [0.4, 0.5) is 14.9 Å². The van der Waals surface area contributed by atoms with Crippen LogP contribution >= 0.6 is 0 Å². The van der Waals surface area contributed by atoms with Crippen molar-refractivity contribution in [3.05, 3.63) is 48.0 Å². The van der Waals surface area contributed by atoms with Crippen molar-refractivity contribution in [1.29, 1.82) is 0 Å². The third-order valence-corrected chi connectivity index (χ3v) is 5.84. The van der Waals surface area contributed by atoms with Gasteiger partial charge in [0.25, 0.3) is 0 Å². The Kier molecular flexibility index (Phi) is 5.03. The predicted molar refractivity (Wildman–Crippen MR) is 91.5 cm³/mol. The van der Waals surface area contributed by atoms with Crippen LogP contribution in [0, 0.1) is 11.7 Å². The highest BCUT2D eigenvalue weighted by molar-refractivity contribution is 7.91. The molecule has 1 fully saturated rings. The molecule has 0 aliphatic carbocycles. The highest BCUT2D eigenvalue weighted by atomic mass is 32.2. The van der Waals surface area contributed by atoms with Gasteiger partial charge < -0.3 is 10.6 Å². The van der Waals surface area contributed by atoms with E-state index in [9.17, 15) is 17.6 Å². The van der Waals surface area contributed by atoms with E-state index in [0.29, 0.717) is 25.2 Å². The molecule has 3 rings (SSSR count). The summed E-state index contributed by atoms with van der Waals surface area (Å²) < 4.78 is 37.5. The summed E-state index contributed by atoms with van der Waals surface area (Å²) in [7, 11) is -2.94. The minimum Gasteiger partial charge on any atom is -0.338 e. The van der Waals surface area contributed by atoms with Crippen LogP contribution in [-0.2, 0) is 16.4 Å². The van der Waals surface area contributed by atoms with E-state index in [1.165, 1.54) is 18.3 Å². The van der Waals surface area contributed by atoms with Crippen LogP contribution in [-0.4, -0.2) is 42.3 Å². The van der Waals surface area contributed by atoms with Crippen molar-refractivity contribution in [2.75, 3.05) is 23.4 Å². The lowest BCUT2D eigenvalue weighted by molar-refractivity contribution is 0.250. The maximum Gasteiger partial charge on any atom is 0.319 e. The summed E-state index contributed by atoms with van der Waals surface area (Å²) in [5, 5.41) is 9.45. The van der Waals surface area contributed by atoms with Crippen molar-refractivity contribution in [3.63, 3.8) is 0 Å². The molecule has 0 radical (unpaired) electrons. The quantitative estimate of drug-likeness (QED) is 0.841. The molecule has 0 saturated carbocycles. The Morgan fingerprint density at radius 1 is 1.40 bits per heavy atom. The van der Waals surface area contributed by atoms with E-state index in [2.05, 4.69) is 15.7 Å². The van der Waals surface area contributed by atoms with Gasteiger partial charge in [-0.25, -0.2) is 17.6 Å². The second-order valence-corrected chi connectivity index (χ2v) is 8.39. The number of urea groups is 1. The molecular weight excluding hydrogens is 347 g/mol. The van der Waals surface area contributed by atoms with Crippen molar-refractivity contribution in [1.82, 2.24) is 15.1 Å². The summed E-state index contributed by atoms with van der Waals surface area (Å²) in [6.07, 6.45) is 3.72. The number of amides is 2. The molecule has 0 bridgehead atoms. The zero-order valence-electron chi connectivity index (χ0n) is 13.5. The van der Waals surface area contributed by atoms with Crippen LogP contribution in [0.5, 0.6) is 0 Å². The minimum absolute atomic E-state index is 0.0357. The van der Waals surface area contributed by atoms with Gasteiger partial charge in [-0.15, -0.1) is 0 Å². The van der Waals surface area contributed by atoms with Gasteiger partial charge in [0.05, 0.1) is 29.9 Å². The fourth-order valence-electron chi connectivity index (χ4n) is 2.78. The smallest absolute Gasteiger partial charge is 0.319 e. The number of carbonyl (C=O) groups excluding carboxylic acids is 1. The van der Waals surface area contributed by atoms with E-state index < -0.39 is 15.9 Å². The monoisotopic (exact) mass is 366 g/mol. The second kappa shape index (κ2) is 7.22. The van der Waals surface area contributed by atoms with Crippen molar-refractivity contribution < 1.29 is 17.6 Å². The first-order valence-electron chi connectivity index (χ1n) is 7.92. The number of hydrogen-bond acceptors (Lipinski definition) is 4. The number of benzene rings is 1. The lowest BCUT2D eigenvalue weighted by atomic mass is 10.1. The first kappa shape index (κ1) is 17.4. The van der Waals surface area contributed by atoms with Gasteiger partial charge >= 0.3 is 6.03 Å². The fourth-order valence-corrected chi connectivity index (χ4v) is 4.64. The van der Waals surface area contributed by atoms with E-state index in [-0.39, 0.29) is 23.2 Å². The zero-order valence-corrected chi connectivity index (χ0v) is 14.3. The number of carbonyl (C=O) groups is 1. The SMILES string of the molecule is O=C(NC[C@@H]1CCS(=O)(=O)C1)Nc1cnn(Cc2cccc(F)c2)c1. The second-order valence-electron chi connectivity index (χ2n) is 6.16. The number of rotatable bonds is 5. The number of hydrogen-bond donors (Lipinski definition) is 2. The molecule has 2 N–H and O–H groups in total. The van der Waals surface area contributed by atoms with Gasteiger partial charge in [0.15, 0.2) is 9.84 Å². The van der Waals surface area contributed by atoms with Crippen molar-refractivity contribution >= 4 is 21.6 Å². The van der Waals surface area contributed by atoms with E-state index in [0.717, 1.165) is 5.56 Å². The molecule has 2 heterocycles. The number of nitrogens with one attached hydrogen (secondary N) is 2. The topological polar surface area (TPSA) is 93.1 Å². The molecule has 134 valence electrons. The molecular formula is C16H19FN4O3S. The zero-order chi connectivity index (χ0) is 17.9. The summed E-state index contributed by atoms with van der Waals surface area (Å²) in [5.74, 6) is -0.0325. The standard InChI is InChI=1S/C16H19FN4O3S/c17-14-3-1-2-12(6-14)9-21-10-15(8-19-21)20-16(22)18-7-13-4-5-25(23,24)11-13/h1-3,6,8,10,13H,4-5,7,9,11H2,(H2,18,20,22)/t13-/m0/s1. The molecule has 0 spiro atoms. The van der Waals surface area contributed by atoms with Crippen molar-refractivity contribution in [3.8, 4) is 0 Å². The third kappa shape index (κ3) is 5.02. The van der Waals surface area contributed by atoms with E-state index in [4.69, 9.17) is 0 Å². The third-order valence-electron chi connectivity index (χ3n) is 4.00. The number of aromatic nitrogens is 2. The van der Waals surface area contributed by atoms with Gasteiger partial charge in [-0.2, -0.15) is 5.10 Å². The molecule has 1 atom stereocenters. The maximum atomic E-state index is 13.2. The van der Waals surface area contributed by atoms with Gasteiger partial charge in [0.1, 0.15) is 5.82 Å². The molecule has 0 unspecified atom stereocenters. The Morgan fingerprint density at radius 3 is 2.96 bits per heavy atom. The van der Waals surface area contributed by atoms with E-state index in [1.54, 1.807) is 23.0 Å². The van der Waals surface area contributed by atoms with Gasteiger partial charge in [-0.1, -0.05) is 12.1 Å². The van der Waals surface area contributed by atoms with Crippen molar-refractivity contribution in [2.45, 2.75) is 13.0 Å². The Labute approximate surface area is 145 Å². The highest BCUT2D eigenvalue weighted by Gasteiger charge is 2.27. The summed E-state index contributed by atoms with van der Waals surface area (Å²) in [5.41, 5.74) is 1.27. The Hall–Kier alpha value is -2.42. The lowest BCUT2D eigenvalue weighted by Gasteiger charge is -2.09. The molecule has 1 aliphatic rings. The molecule has 1 aromatic heterocycles. The summed E-state index contributed by atoms with van der Waals surface area (Å²) in [6.45, 7) is 0.712. The first-order valence-corrected chi connectivity index (χ1v) is 9.74. The maximum absolute atomic E-state index is 13.2. The summed E-state index contributed by atoms with van der Waals surface area (Å²) in [6, 6.07) is 5.82. The average molecular weight is 366 g/mol. The predicted octanol–water partition coefficient (Wildman–Crippen LogP) is 1.63. The number of anilines is 1. The molecule has 9 heteroatoms. The number of nitrogens with zero attached hydrogens (tertiary/aromatic N) is 2.